The lowest BCUT2D eigenvalue weighted by Crippen LogP contribution is -2.25. The van der Waals surface area contributed by atoms with Gasteiger partial charge < -0.3 is 5.32 Å². The molecule has 3 aromatic rings. The number of hydrogen-bond donors (Lipinski definition) is 2. The number of nitrogens with one attached hydrogen (secondary N) is 2. The molecule has 3 rings (SSSR count). The van der Waals surface area contributed by atoms with E-state index in [0.717, 1.165) is 6.26 Å². The average Bonchev–Trinajstić information content (AvgIpc) is 2.68. The van der Waals surface area contributed by atoms with Crippen molar-refractivity contribution in [2.75, 3.05) is 11.6 Å². The summed E-state index contributed by atoms with van der Waals surface area (Å²) < 4.78 is 51.9. The number of anilines is 2. The molecular formula is C21H20Cl2N2O4S2. The molecule has 0 aliphatic heterocycles. The van der Waals surface area contributed by atoms with Crippen LogP contribution < -0.4 is 10.0 Å². The first-order chi connectivity index (χ1) is 14.5. The average molecular weight is 499 g/mol. The van der Waals surface area contributed by atoms with E-state index in [1.54, 1.807) is 43.3 Å². The molecule has 3 aromatic carbocycles. The van der Waals surface area contributed by atoms with E-state index in [9.17, 15) is 16.8 Å². The molecule has 0 amide bonds. The van der Waals surface area contributed by atoms with Crippen LogP contribution in [-0.2, 0) is 19.9 Å². The van der Waals surface area contributed by atoms with Crippen LogP contribution in [-0.4, -0.2) is 23.1 Å². The predicted molar refractivity (Wildman–Crippen MR) is 124 cm³/mol. The van der Waals surface area contributed by atoms with Crippen LogP contribution >= 0.6 is 23.2 Å². The van der Waals surface area contributed by atoms with Gasteiger partial charge in [-0.1, -0.05) is 35.3 Å². The molecule has 0 heterocycles. The Balaban J connectivity index is 1.95. The van der Waals surface area contributed by atoms with Crippen molar-refractivity contribution >= 4 is 54.4 Å². The number of halogens is 2. The maximum absolute atomic E-state index is 13.3. The van der Waals surface area contributed by atoms with Gasteiger partial charge in [-0.2, -0.15) is 0 Å². The molecule has 0 bridgehead atoms. The van der Waals surface area contributed by atoms with Crippen LogP contribution in [0.1, 0.15) is 18.5 Å². The van der Waals surface area contributed by atoms with E-state index >= 15 is 0 Å². The number of sulfonamides is 1. The second-order valence-electron chi connectivity index (χ2n) is 6.96. The van der Waals surface area contributed by atoms with Gasteiger partial charge in [0.05, 0.1) is 21.7 Å². The van der Waals surface area contributed by atoms with Gasteiger partial charge in [0.2, 0.25) is 19.9 Å². The first-order valence-corrected chi connectivity index (χ1v) is 13.2. The Kier molecular flexibility index (Phi) is 6.98. The van der Waals surface area contributed by atoms with Crippen molar-refractivity contribution < 1.29 is 16.8 Å². The first kappa shape index (κ1) is 23.6. The molecule has 10 heteroatoms. The molecule has 0 radical (unpaired) electrons. The van der Waals surface area contributed by atoms with Gasteiger partial charge in [0.1, 0.15) is 0 Å². The molecule has 164 valence electrons. The van der Waals surface area contributed by atoms with E-state index in [4.69, 9.17) is 23.2 Å². The smallest absolute Gasteiger partial charge is 0.209 e. The highest BCUT2D eigenvalue weighted by molar-refractivity contribution is 7.91. The third-order valence-corrected chi connectivity index (χ3v) is 7.53. The summed E-state index contributed by atoms with van der Waals surface area (Å²) in [6.07, 6.45) is 1.07. The summed E-state index contributed by atoms with van der Waals surface area (Å²) in [5, 5.41) is 4.01. The quantitative estimate of drug-likeness (QED) is 0.468. The van der Waals surface area contributed by atoms with Crippen LogP contribution in [0.5, 0.6) is 0 Å². The zero-order valence-electron chi connectivity index (χ0n) is 16.6. The van der Waals surface area contributed by atoms with E-state index in [2.05, 4.69) is 10.0 Å². The molecule has 6 nitrogen and oxygen atoms in total. The molecule has 2 N–H and O–H groups in total. The van der Waals surface area contributed by atoms with Crippen LogP contribution in [0.25, 0.3) is 0 Å². The fourth-order valence-corrected chi connectivity index (χ4v) is 5.45. The third-order valence-electron chi connectivity index (χ3n) is 4.44. The Morgan fingerprint density at radius 1 is 0.806 bits per heavy atom. The van der Waals surface area contributed by atoms with Gasteiger partial charge in [-0.25, -0.2) is 21.6 Å². The largest absolute Gasteiger partial charge is 0.354 e. The molecule has 0 fully saturated rings. The minimum atomic E-state index is -3.88. The zero-order valence-corrected chi connectivity index (χ0v) is 19.8. The van der Waals surface area contributed by atoms with Gasteiger partial charge in [0, 0.05) is 21.8 Å². The van der Waals surface area contributed by atoms with Crippen molar-refractivity contribution in [2.45, 2.75) is 22.8 Å². The normalized spacial score (nSPS) is 13.0. The molecule has 0 saturated heterocycles. The second kappa shape index (κ2) is 9.18. The van der Waals surface area contributed by atoms with Crippen molar-refractivity contribution in [1.29, 1.82) is 0 Å². The topological polar surface area (TPSA) is 92.3 Å². The van der Waals surface area contributed by atoms with Crippen LogP contribution in [0.4, 0.5) is 11.4 Å². The van der Waals surface area contributed by atoms with Crippen molar-refractivity contribution in [3.63, 3.8) is 0 Å². The monoisotopic (exact) mass is 498 g/mol. The van der Waals surface area contributed by atoms with Gasteiger partial charge >= 0.3 is 0 Å². The van der Waals surface area contributed by atoms with E-state index in [1.807, 2.05) is 0 Å². The van der Waals surface area contributed by atoms with E-state index in [1.165, 1.54) is 30.3 Å². The first-order valence-electron chi connectivity index (χ1n) is 9.10. The van der Waals surface area contributed by atoms with E-state index < -0.39 is 25.9 Å². The molecule has 0 aliphatic rings. The van der Waals surface area contributed by atoms with Crippen molar-refractivity contribution in [3.8, 4) is 0 Å². The number of hydrogen-bond acceptors (Lipinski definition) is 5. The molecule has 31 heavy (non-hydrogen) atoms. The molecule has 0 aliphatic carbocycles. The van der Waals surface area contributed by atoms with Gasteiger partial charge in [-0.05, 0) is 67.1 Å². The summed E-state index contributed by atoms with van der Waals surface area (Å²) in [7, 11) is -7.27. The van der Waals surface area contributed by atoms with Crippen molar-refractivity contribution in [1.82, 2.24) is 4.72 Å². The Labute approximate surface area is 192 Å². The highest BCUT2D eigenvalue weighted by atomic mass is 35.5. The Bertz CT molecular complexity index is 1290. The zero-order chi connectivity index (χ0) is 22.8. The summed E-state index contributed by atoms with van der Waals surface area (Å²) in [5.41, 5.74) is 1.62. The minimum Gasteiger partial charge on any atom is -0.354 e. The fourth-order valence-electron chi connectivity index (χ4n) is 2.97. The lowest BCUT2D eigenvalue weighted by atomic mass is 10.1. The van der Waals surface area contributed by atoms with E-state index in [0.29, 0.717) is 27.0 Å². The molecule has 0 unspecified atom stereocenters. The highest BCUT2D eigenvalue weighted by Crippen LogP contribution is 2.33. The molecular weight excluding hydrogens is 479 g/mol. The maximum Gasteiger partial charge on any atom is 0.209 e. The third kappa shape index (κ3) is 5.99. The lowest BCUT2D eigenvalue weighted by Gasteiger charge is -2.15. The molecule has 0 aromatic heterocycles. The summed E-state index contributed by atoms with van der Waals surface area (Å²) in [6.45, 7) is 1.68. The Morgan fingerprint density at radius 2 is 1.39 bits per heavy atom. The van der Waals surface area contributed by atoms with Crippen LogP contribution in [0, 0.1) is 0 Å². The molecule has 1 atom stereocenters. The summed E-state index contributed by atoms with van der Waals surface area (Å²) in [5.74, 6) is 0. The number of benzene rings is 3. The summed E-state index contributed by atoms with van der Waals surface area (Å²) >= 11 is 12.0. The van der Waals surface area contributed by atoms with Crippen molar-refractivity contribution in [3.05, 3.63) is 82.3 Å². The van der Waals surface area contributed by atoms with Crippen LogP contribution in [0.15, 0.2) is 76.5 Å². The van der Waals surface area contributed by atoms with Crippen molar-refractivity contribution in [2.24, 2.45) is 0 Å². The van der Waals surface area contributed by atoms with E-state index in [-0.39, 0.29) is 9.79 Å². The maximum atomic E-state index is 13.3. The SMILES string of the molecule is C[C@H](NS(C)(=O)=O)c1ccc(S(=O)(=O)c2ccc(Cl)cc2Nc2ccc(Cl)cc2)cc1. The minimum absolute atomic E-state index is 0.0573. The molecule has 0 saturated carbocycles. The van der Waals surface area contributed by atoms with Gasteiger partial charge in [0.15, 0.2) is 0 Å². The van der Waals surface area contributed by atoms with Crippen LogP contribution in [0.3, 0.4) is 0 Å². The Morgan fingerprint density at radius 3 is 1.97 bits per heavy atom. The number of rotatable bonds is 7. The fraction of sp³-hybridized carbons (Fsp3) is 0.143. The second-order valence-corrected chi connectivity index (χ2v) is 11.5. The predicted octanol–water partition coefficient (Wildman–Crippen LogP) is 5.18. The van der Waals surface area contributed by atoms with Gasteiger partial charge in [-0.3, -0.25) is 0 Å². The van der Waals surface area contributed by atoms with Crippen LogP contribution in [0.2, 0.25) is 10.0 Å². The van der Waals surface area contributed by atoms with Gasteiger partial charge in [-0.15, -0.1) is 0 Å². The highest BCUT2D eigenvalue weighted by Gasteiger charge is 2.22. The lowest BCUT2D eigenvalue weighted by molar-refractivity contribution is 0.572. The summed E-state index contributed by atoms with van der Waals surface area (Å²) in [6, 6.07) is 16.9. The van der Waals surface area contributed by atoms with Gasteiger partial charge in [0.25, 0.3) is 0 Å². The summed E-state index contributed by atoms with van der Waals surface area (Å²) in [4.78, 5) is 0.131. The standard InChI is InChI=1S/C21H20Cl2N2O4S2/c1-14(25-30(2,26)27)15-3-10-19(11-4-15)31(28,29)21-12-7-17(23)13-20(21)24-18-8-5-16(22)6-9-18/h3-14,24-25H,1-2H3/t14-/m0/s1. The molecule has 0 spiro atoms. The Hall–Kier alpha value is -2.10. The number of sulfone groups is 1.